The van der Waals surface area contributed by atoms with E-state index in [2.05, 4.69) is 0 Å². The maximum atomic E-state index is 14.3. The highest BCUT2D eigenvalue weighted by Gasteiger charge is 2.47. The van der Waals surface area contributed by atoms with Gasteiger partial charge in [-0.15, -0.1) is 0 Å². The number of nitrogens with one attached hydrogen (secondary N) is 1. The van der Waals surface area contributed by atoms with Gasteiger partial charge < -0.3 is 10.5 Å². The number of rotatable bonds is 5. The van der Waals surface area contributed by atoms with Crippen LogP contribution < -0.4 is 11.1 Å². The van der Waals surface area contributed by atoms with Gasteiger partial charge in [0, 0.05) is 5.56 Å². The molecule has 1 aromatic carbocycles. The van der Waals surface area contributed by atoms with Crippen molar-refractivity contribution in [3.05, 3.63) is 35.6 Å². The van der Waals surface area contributed by atoms with Gasteiger partial charge in [-0.25, -0.2) is 9.18 Å². The molecule has 1 fully saturated rings. The van der Waals surface area contributed by atoms with Gasteiger partial charge >= 0.3 is 12.0 Å². The molecule has 0 saturated heterocycles. The number of primary amides is 1. The molecule has 7 heteroatoms. The quantitative estimate of drug-likeness (QED) is 0.797. The van der Waals surface area contributed by atoms with Gasteiger partial charge in [-0.1, -0.05) is 44.9 Å². The van der Waals surface area contributed by atoms with Crippen molar-refractivity contribution in [2.75, 3.05) is 0 Å². The Morgan fingerprint density at radius 3 is 2.32 bits per heavy atom. The summed E-state index contributed by atoms with van der Waals surface area (Å²) in [5, 5.41) is 1.93. The number of carbonyl (C=O) groups is 3. The second kappa shape index (κ2) is 7.63. The predicted octanol–water partition coefficient (Wildman–Crippen LogP) is 2.40. The molecule has 136 valence electrons. The number of hydrogen-bond acceptors (Lipinski definition) is 4. The average molecular weight is 350 g/mol. The first kappa shape index (κ1) is 18.9. The maximum Gasteiger partial charge on any atom is 0.318 e. The molecule has 25 heavy (non-hydrogen) atoms. The minimum absolute atomic E-state index is 0.287. The largest absolute Gasteiger partial charge is 0.451 e. The van der Waals surface area contributed by atoms with Crippen molar-refractivity contribution in [1.82, 2.24) is 5.32 Å². The van der Waals surface area contributed by atoms with E-state index in [9.17, 15) is 18.8 Å². The summed E-state index contributed by atoms with van der Waals surface area (Å²) in [7, 11) is 0. The SMILES string of the molecule is CC(C)[C@H](OC(=O)C1(c2ccccc2F)CCCC1)C(=O)NC(N)=O. The molecule has 3 amide bonds. The van der Waals surface area contributed by atoms with E-state index in [1.54, 1.807) is 32.0 Å². The molecule has 0 unspecified atom stereocenters. The van der Waals surface area contributed by atoms with Crippen LogP contribution in [0.3, 0.4) is 0 Å². The second-order valence-electron chi connectivity index (χ2n) is 6.69. The van der Waals surface area contributed by atoms with Crippen LogP contribution in [-0.4, -0.2) is 24.0 Å². The van der Waals surface area contributed by atoms with Crippen molar-refractivity contribution < 1.29 is 23.5 Å². The van der Waals surface area contributed by atoms with Crippen molar-refractivity contribution in [2.24, 2.45) is 11.7 Å². The van der Waals surface area contributed by atoms with Gasteiger partial charge in [-0.05, 0) is 24.8 Å². The normalized spacial score (nSPS) is 17.1. The number of imide groups is 1. The zero-order chi connectivity index (χ0) is 18.6. The number of ether oxygens (including phenoxy) is 1. The Labute approximate surface area is 145 Å². The molecule has 3 N–H and O–H groups in total. The van der Waals surface area contributed by atoms with E-state index >= 15 is 0 Å². The summed E-state index contributed by atoms with van der Waals surface area (Å²) in [4.78, 5) is 35.9. The number of benzene rings is 1. The molecular weight excluding hydrogens is 327 g/mol. The minimum atomic E-state index is -1.18. The molecule has 0 spiro atoms. The number of nitrogens with two attached hydrogens (primary N) is 1. The van der Waals surface area contributed by atoms with E-state index in [0.717, 1.165) is 12.8 Å². The minimum Gasteiger partial charge on any atom is -0.451 e. The molecule has 0 heterocycles. The van der Waals surface area contributed by atoms with Gasteiger partial charge in [0.25, 0.3) is 5.91 Å². The summed E-state index contributed by atoms with van der Waals surface area (Å²) in [6, 6.07) is 5.10. The summed E-state index contributed by atoms with van der Waals surface area (Å²) < 4.78 is 19.8. The van der Waals surface area contributed by atoms with E-state index in [-0.39, 0.29) is 11.5 Å². The highest BCUT2D eigenvalue weighted by Crippen LogP contribution is 2.43. The Balaban J connectivity index is 2.30. The molecule has 2 rings (SSSR count). The van der Waals surface area contributed by atoms with Crippen molar-refractivity contribution in [2.45, 2.75) is 51.0 Å². The Kier molecular flexibility index (Phi) is 5.77. The van der Waals surface area contributed by atoms with Crippen LogP contribution in [-0.2, 0) is 19.7 Å². The molecule has 1 aliphatic carbocycles. The first-order valence-corrected chi connectivity index (χ1v) is 8.34. The number of halogens is 1. The van der Waals surface area contributed by atoms with Gasteiger partial charge in [0.2, 0.25) is 0 Å². The third-order valence-electron chi connectivity index (χ3n) is 4.58. The van der Waals surface area contributed by atoms with E-state index in [1.807, 2.05) is 5.32 Å². The third kappa shape index (κ3) is 3.97. The molecule has 1 saturated carbocycles. The molecule has 0 bridgehead atoms. The summed E-state index contributed by atoms with van der Waals surface area (Å²) in [5.41, 5.74) is 4.14. The number of esters is 1. The van der Waals surface area contributed by atoms with Crippen molar-refractivity contribution in [1.29, 1.82) is 0 Å². The zero-order valence-electron chi connectivity index (χ0n) is 14.4. The van der Waals surface area contributed by atoms with E-state index < -0.39 is 35.2 Å². The van der Waals surface area contributed by atoms with Gasteiger partial charge in [-0.3, -0.25) is 14.9 Å². The van der Waals surface area contributed by atoms with E-state index in [0.29, 0.717) is 12.8 Å². The zero-order valence-corrected chi connectivity index (χ0v) is 14.4. The Hall–Kier alpha value is -2.44. The lowest BCUT2D eigenvalue weighted by Crippen LogP contribution is -2.48. The monoisotopic (exact) mass is 350 g/mol. The van der Waals surface area contributed by atoms with Crippen LogP contribution >= 0.6 is 0 Å². The van der Waals surface area contributed by atoms with Crippen LogP contribution in [0, 0.1) is 11.7 Å². The average Bonchev–Trinajstić information content (AvgIpc) is 3.02. The molecular formula is C18H23FN2O4. The topological polar surface area (TPSA) is 98.5 Å². The highest BCUT2D eigenvalue weighted by molar-refractivity contribution is 5.97. The first-order valence-electron chi connectivity index (χ1n) is 8.34. The van der Waals surface area contributed by atoms with Crippen LogP contribution in [0.15, 0.2) is 24.3 Å². The Morgan fingerprint density at radius 2 is 1.80 bits per heavy atom. The summed E-state index contributed by atoms with van der Waals surface area (Å²) in [5.74, 6) is -2.27. The highest BCUT2D eigenvalue weighted by atomic mass is 19.1. The van der Waals surface area contributed by atoms with Gasteiger partial charge in [0.1, 0.15) is 5.82 Å². The lowest BCUT2D eigenvalue weighted by atomic mass is 9.78. The lowest BCUT2D eigenvalue weighted by Gasteiger charge is -2.30. The van der Waals surface area contributed by atoms with Gasteiger partial charge in [0.05, 0.1) is 5.41 Å². The van der Waals surface area contributed by atoms with Gasteiger partial charge in [0.15, 0.2) is 6.10 Å². The summed E-state index contributed by atoms with van der Waals surface area (Å²) in [6.07, 6.45) is 1.26. The van der Waals surface area contributed by atoms with Crippen LogP contribution in [0.4, 0.5) is 9.18 Å². The molecule has 0 aromatic heterocycles. The van der Waals surface area contributed by atoms with Crippen molar-refractivity contribution in [3.63, 3.8) is 0 Å². The van der Waals surface area contributed by atoms with E-state index in [1.165, 1.54) is 6.07 Å². The van der Waals surface area contributed by atoms with Crippen LogP contribution in [0.25, 0.3) is 0 Å². The van der Waals surface area contributed by atoms with Crippen LogP contribution in [0.2, 0.25) is 0 Å². The smallest absolute Gasteiger partial charge is 0.318 e. The van der Waals surface area contributed by atoms with Gasteiger partial charge in [-0.2, -0.15) is 0 Å². The third-order valence-corrected chi connectivity index (χ3v) is 4.58. The number of hydrogen-bond donors (Lipinski definition) is 2. The standard InChI is InChI=1S/C18H23FN2O4/c1-11(2)14(15(22)21-17(20)24)25-16(23)18(9-5-6-10-18)12-7-3-4-8-13(12)19/h3-4,7-8,11,14H,5-6,9-10H2,1-2H3,(H3,20,21,22,24)/t14-/m0/s1. The number of amides is 3. The van der Waals surface area contributed by atoms with E-state index in [4.69, 9.17) is 10.5 Å². The second-order valence-corrected chi connectivity index (χ2v) is 6.69. The maximum absolute atomic E-state index is 14.3. The molecule has 6 nitrogen and oxygen atoms in total. The molecule has 1 aromatic rings. The Bertz CT molecular complexity index is 669. The fourth-order valence-corrected chi connectivity index (χ4v) is 3.32. The Morgan fingerprint density at radius 1 is 1.20 bits per heavy atom. The summed E-state index contributed by atoms with van der Waals surface area (Å²) in [6.45, 7) is 3.37. The van der Waals surface area contributed by atoms with Crippen LogP contribution in [0.1, 0.15) is 45.1 Å². The molecule has 0 aliphatic heterocycles. The molecule has 1 aliphatic rings. The summed E-state index contributed by atoms with van der Waals surface area (Å²) >= 11 is 0. The number of carbonyl (C=O) groups excluding carboxylic acids is 3. The van der Waals surface area contributed by atoms with Crippen molar-refractivity contribution >= 4 is 17.9 Å². The first-order chi connectivity index (χ1) is 11.8. The molecule has 0 radical (unpaired) electrons. The van der Waals surface area contributed by atoms with Crippen molar-refractivity contribution in [3.8, 4) is 0 Å². The predicted molar refractivity (Wildman–Crippen MR) is 89.0 cm³/mol. The lowest BCUT2D eigenvalue weighted by molar-refractivity contribution is -0.164. The fourth-order valence-electron chi connectivity index (χ4n) is 3.32. The van der Waals surface area contributed by atoms with Crippen LogP contribution in [0.5, 0.6) is 0 Å². The molecule has 1 atom stereocenters. The fraction of sp³-hybridized carbons (Fsp3) is 0.500. The number of urea groups is 1.